The Morgan fingerprint density at radius 1 is 1.44 bits per heavy atom. The molecule has 0 spiro atoms. The van der Waals surface area contributed by atoms with Crippen LogP contribution in [-0.4, -0.2) is 19.0 Å². The highest BCUT2D eigenvalue weighted by molar-refractivity contribution is 7.14. The Labute approximate surface area is 113 Å². The van der Waals surface area contributed by atoms with Crippen molar-refractivity contribution >= 4 is 17.1 Å². The minimum atomic E-state index is 0.122. The molecule has 1 saturated carbocycles. The van der Waals surface area contributed by atoms with Crippen molar-refractivity contribution in [3.8, 4) is 0 Å². The lowest BCUT2D eigenvalue weighted by molar-refractivity contribution is 0.0597. The molecule has 1 aromatic rings. The van der Waals surface area contributed by atoms with Gasteiger partial charge in [0.25, 0.3) is 0 Å². The summed E-state index contributed by atoms with van der Waals surface area (Å²) in [5.41, 5.74) is 0. The summed E-state index contributed by atoms with van der Waals surface area (Å²) < 4.78 is 5.60. The Hall–Kier alpha value is -0.670. The molecular weight excluding hydrogens is 244 g/mol. The van der Waals surface area contributed by atoms with E-state index in [1.54, 1.807) is 11.3 Å². The van der Waals surface area contributed by atoms with Gasteiger partial charge in [0, 0.05) is 4.88 Å². The first-order valence-corrected chi connectivity index (χ1v) is 7.64. The van der Waals surface area contributed by atoms with Gasteiger partial charge in [-0.05, 0) is 43.7 Å². The van der Waals surface area contributed by atoms with Gasteiger partial charge < -0.3 is 4.74 Å². The molecule has 2 rings (SSSR count). The minimum absolute atomic E-state index is 0.122. The molecule has 1 aromatic heterocycles. The number of thiophene rings is 1. The molecule has 18 heavy (non-hydrogen) atoms. The Morgan fingerprint density at radius 3 is 2.94 bits per heavy atom. The van der Waals surface area contributed by atoms with Gasteiger partial charge >= 0.3 is 0 Å². The van der Waals surface area contributed by atoms with Crippen LogP contribution in [0, 0.1) is 18.8 Å². The zero-order chi connectivity index (χ0) is 13.0. The summed E-state index contributed by atoms with van der Waals surface area (Å²) in [4.78, 5) is 13.9. The second kappa shape index (κ2) is 6.48. The number of hydrogen-bond donors (Lipinski definition) is 0. The number of Topliss-reactive ketones (excluding diaryl/α,β-unsaturated/α-hetero) is 1. The molecule has 3 heteroatoms. The smallest absolute Gasteiger partial charge is 0.198 e. The molecule has 0 radical (unpaired) electrons. The molecule has 1 fully saturated rings. The SMILES string of the molecule is Cc1ccc(C(=O)COCC2CCCC(C)C2)s1. The van der Waals surface area contributed by atoms with Crippen molar-refractivity contribution < 1.29 is 9.53 Å². The van der Waals surface area contributed by atoms with E-state index in [4.69, 9.17) is 4.74 Å². The van der Waals surface area contributed by atoms with Gasteiger partial charge in [-0.3, -0.25) is 4.79 Å². The van der Waals surface area contributed by atoms with E-state index < -0.39 is 0 Å². The molecule has 2 nitrogen and oxygen atoms in total. The molecule has 1 heterocycles. The van der Waals surface area contributed by atoms with Crippen molar-refractivity contribution in [3.05, 3.63) is 21.9 Å². The van der Waals surface area contributed by atoms with Gasteiger partial charge in [0.05, 0.1) is 11.5 Å². The number of carbonyl (C=O) groups excluding carboxylic acids is 1. The minimum Gasteiger partial charge on any atom is -0.373 e. The fourth-order valence-corrected chi connectivity index (χ4v) is 3.48. The average Bonchev–Trinajstić information content (AvgIpc) is 2.76. The number of ether oxygens (including phenoxy) is 1. The van der Waals surface area contributed by atoms with Crippen LogP contribution in [0.4, 0.5) is 0 Å². The highest BCUT2D eigenvalue weighted by Gasteiger charge is 2.19. The Morgan fingerprint density at radius 2 is 2.28 bits per heavy atom. The molecule has 1 aliphatic rings. The largest absolute Gasteiger partial charge is 0.373 e. The van der Waals surface area contributed by atoms with Gasteiger partial charge in [0.15, 0.2) is 5.78 Å². The first-order chi connectivity index (χ1) is 8.65. The van der Waals surface area contributed by atoms with E-state index >= 15 is 0 Å². The summed E-state index contributed by atoms with van der Waals surface area (Å²) in [5, 5.41) is 0. The summed E-state index contributed by atoms with van der Waals surface area (Å²) in [6.07, 6.45) is 5.18. The van der Waals surface area contributed by atoms with Gasteiger partial charge in [-0.15, -0.1) is 11.3 Å². The summed E-state index contributed by atoms with van der Waals surface area (Å²) in [6.45, 7) is 5.32. The second-order valence-corrected chi connectivity index (χ2v) is 6.77. The molecule has 0 saturated heterocycles. The predicted octanol–water partition coefficient (Wildman–Crippen LogP) is 4.08. The maximum absolute atomic E-state index is 11.8. The van der Waals surface area contributed by atoms with Crippen molar-refractivity contribution in [2.45, 2.75) is 39.5 Å². The summed E-state index contributed by atoms with van der Waals surface area (Å²) in [7, 11) is 0. The number of ketones is 1. The van der Waals surface area contributed by atoms with Crippen LogP contribution < -0.4 is 0 Å². The maximum atomic E-state index is 11.8. The van der Waals surface area contributed by atoms with E-state index in [-0.39, 0.29) is 12.4 Å². The zero-order valence-electron chi connectivity index (χ0n) is 11.3. The molecule has 2 atom stereocenters. The third-order valence-corrected chi connectivity index (χ3v) is 4.69. The van der Waals surface area contributed by atoms with Crippen LogP contribution >= 0.6 is 11.3 Å². The predicted molar refractivity (Wildman–Crippen MR) is 75.3 cm³/mol. The number of hydrogen-bond acceptors (Lipinski definition) is 3. The van der Waals surface area contributed by atoms with E-state index in [9.17, 15) is 4.79 Å². The second-order valence-electron chi connectivity index (χ2n) is 5.49. The highest BCUT2D eigenvalue weighted by Crippen LogP contribution is 2.28. The zero-order valence-corrected chi connectivity index (χ0v) is 12.1. The molecule has 100 valence electrons. The molecule has 2 unspecified atom stereocenters. The fraction of sp³-hybridized carbons (Fsp3) is 0.667. The van der Waals surface area contributed by atoms with Crippen LogP contribution in [0.5, 0.6) is 0 Å². The normalized spacial score (nSPS) is 24.1. The molecule has 0 amide bonds. The first-order valence-electron chi connectivity index (χ1n) is 6.82. The molecule has 0 aliphatic heterocycles. The van der Waals surface area contributed by atoms with Crippen LogP contribution in [0.1, 0.15) is 47.2 Å². The van der Waals surface area contributed by atoms with Crippen molar-refractivity contribution in [2.75, 3.05) is 13.2 Å². The molecule has 0 aromatic carbocycles. The van der Waals surface area contributed by atoms with Gasteiger partial charge in [-0.25, -0.2) is 0 Å². The first kappa shape index (κ1) is 13.8. The third-order valence-electron chi connectivity index (χ3n) is 3.65. The van der Waals surface area contributed by atoms with Crippen molar-refractivity contribution in [1.29, 1.82) is 0 Å². The molecule has 0 bridgehead atoms. The van der Waals surface area contributed by atoms with E-state index in [0.29, 0.717) is 5.92 Å². The van der Waals surface area contributed by atoms with Crippen molar-refractivity contribution in [3.63, 3.8) is 0 Å². The van der Waals surface area contributed by atoms with Crippen LogP contribution in [-0.2, 0) is 4.74 Å². The van der Waals surface area contributed by atoms with E-state index in [2.05, 4.69) is 6.92 Å². The average molecular weight is 266 g/mol. The van der Waals surface area contributed by atoms with E-state index in [1.807, 2.05) is 19.1 Å². The standard InChI is InChI=1S/C15H22O2S/c1-11-4-3-5-13(8-11)9-17-10-14(16)15-7-6-12(2)18-15/h6-7,11,13H,3-5,8-10H2,1-2H3. The fourth-order valence-electron chi connectivity index (χ4n) is 2.68. The highest BCUT2D eigenvalue weighted by atomic mass is 32.1. The summed E-state index contributed by atoms with van der Waals surface area (Å²) >= 11 is 1.55. The van der Waals surface area contributed by atoms with Crippen molar-refractivity contribution in [2.24, 2.45) is 11.8 Å². The summed E-state index contributed by atoms with van der Waals surface area (Å²) in [5.74, 6) is 1.60. The van der Waals surface area contributed by atoms with Gasteiger partial charge in [0.2, 0.25) is 0 Å². The van der Waals surface area contributed by atoms with Gasteiger partial charge in [-0.1, -0.05) is 19.8 Å². The van der Waals surface area contributed by atoms with Crippen LogP contribution in [0.25, 0.3) is 0 Å². The third kappa shape index (κ3) is 3.92. The van der Waals surface area contributed by atoms with E-state index in [1.165, 1.54) is 30.6 Å². The quantitative estimate of drug-likeness (QED) is 0.751. The number of carbonyl (C=O) groups is 1. The van der Waals surface area contributed by atoms with Gasteiger partial charge in [0.1, 0.15) is 6.61 Å². The lowest BCUT2D eigenvalue weighted by atomic mass is 9.83. The lowest BCUT2D eigenvalue weighted by Crippen LogP contribution is -2.20. The number of aryl methyl sites for hydroxylation is 1. The Kier molecular flexibility index (Phi) is 4.95. The number of rotatable bonds is 5. The molecular formula is C15H22O2S. The van der Waals surface area contributed by atoms with Crippen LogP contribution in [0.3, 0.4) is 0 Å². The molecule has 0 N–H and O–H groups in total. The maximum Gasteiger partial charge on any atom is 0.198 e. The van der Waals surface area contributed by atoms with Crippen LogP contribution in [0.2, 0.25) is 0 Å². The topological polar surface area (TPSA) is 26.3 Å². The van der Waals surface area contributed by atoms with Gasteiger partial charge in [-0.2, -0.15) is 0 Å². The lowest BCUT2D eigenvalue weighted by Gasteiger charge is -2.26. The van der Waals surface area contributed by atoms with Crippen molar-refractivity contribution in [1.82, 2.24) is 0 Å². The monoisotopic (exact) mass is 266 g/mol. The Balaban J connectivity index is 1.70. The Bertz CT molecular complexity index is 397. The van der Waals surface area contributed by atoms with E-state index in [0.717, 1.165) is 17.4 Å². The molecule has 1 aliphatic carbocycles. The summed E-state index contributed by atoms with van der Waals surface area (Å²) in [6, 6.07) is 3.88. The van der Waals surface area contributed by atoms with Crippen LogP contribution in [0.15, 0.2) is 12.1 Å².